The fraction of sp³-hybridized carbons (Fsp3) is 0.480. The molecule has 1 fully saturated rings. The second-order valence-corrected chi connectivity index (χ2v) is 10.1. The Kier molecular flexibility index (Phi) is 5.26. The number of hydrogen-bond donors (Lipinski definition) is 2. The maximum atomic E-state index is 10.1. The zero-order valence-corrected chi connectivity index (χ0v) is 19.3. The third-order valence-electron chi connectivity index (χ3n) is 6.51. The number of fused-ring (bicyclic) bond motifs is 2. The van der Waals surface area contributed by atoms with E-state index in [-0.39, 0.29) is 0 Å². The van der Waals surface area contributed by atoms with Crippen LogP contribution in [0.2, 0.25) is 0 Å². The van der Waals surface area contributed by atoms with E-state index >= 15 is 0 Å². The second kappa shape index (κ2) is 7.98. The lowest BCUT2D eigenvalue weighted by atomic mass is 9.87. The van der Waals surface area contributed by atoms with E-state index < -0.39 is 5.60 Å². The number of benzene rings is 1. The van der Waals surface area contributed by atoms with Gasteiger partial charge < -0.3 is 15.0 Å². The molecule has 7 nitrogen and oxygen atoms in total. The topological polar surface area (TPSA) is 82.3 Å². The van der Waals surface area contributed by atoms with Crippen molar-refractivity contribution >= 4 is 16.6 Å². The highest BCUT2D eigenvalue weighted by molar-refractivity contribution is 5.91. The molecule has 1 aromatic carbocycles. The minimum absolute atomic E-state index is 0.357. The molecule has 4 heterocycles. The highest BCUT2D eigenvalue weighted by atomic mass is 16.3. The van der Waals surface area contributed by atoms with Gasteiger partial charge in [-0.05, 0) is 87.0 Å². The number of H-pyrrole nitrogens is 1. The van der Waals surface area contributed by atoms with E-state index in [4.69, 9.17) is 0 Å². The van der Waals surface area contributed by atoms with Crippen LogP contribution in [0.25, 0.3) is 27.9 Å². The molecular weight excluding hydrogens is 400 g/mol. The summed E-state index contributed by atoms with van der Waals surface area (Å²) in [7, 11) is 0. The van der Waals surface area contributed by atoms with Crippen LogP contribution in [-0.4, -0.2) is 60.0 Å². The SMILES string of the molecule is CC(C)c1c(-c2ccc3ncnn3n2)[nH]c2ccc(C3CCN(CC(C)(C)O)CC3)cc12. The van der Waals surface area contributed by atoms with Crippen molar-refractivity contribution in [3.63, 3.8) is 0 Å². The molecule has 168 valence electrons. The molecule has 32 heavy (non-hydrogen) atoms. The Morgan fingerprint density at radius 1 is 1.16 bits per heavy atom. The van der Waals surface area contributed by atoms with Crippen molar-refractivity contribution in [3.8, 4) is 11.4 Å². The number of nitrogens with one attached hydrogen (secondary N) is 1. The van der Waals surface area contributed by atoms with Crippen molar-refractivity contribution < 1.29 is 5.11 Å². The molecule has 0 bridgehead atoms. The van der Waals surface area contributed by atoms with Crippen LogP contribution in [0, 0.1) is 0 Å². The smallest absolute Gasteiger partial charge is 0.176 e. The van der Waals surface area contributed by atoms with Crippen molar-refractivity contribution in [2.75, 3.05) is 19.6 Å². The van der Waals surface area contributed by atoms with Gasteiger partial charge in [0.1, 0.15) is 12.0 Å². The standard InChI is InChI=1S/C25H32N6O/c1-16(2)23-19-13-18(17-9-11-30(12-10-17)14-25(3,4)32)5-6-20(19)28-24(23)21-7-8-22-26-15-27-31(22)29-21/h5-8,13,15-17,28,32H,9-12,14H2,1-4H3. The summed E-state index contributed by atoms with van der Waals surface area (Å²) in [4.78, 5) is 10.2. The van der Waals surface area contributed by atoms with Gasteiger partial charge in [-0.1, -0.05) is 19.9 Å². The summed E-state index contributed by atoms with van der Waals surface area (Å²) in [6, 6.07) is 10.8. The molecule has 4 aromatic rings. The van der Waals surface area contributed by atoms with Gasteiger partial charge >= 0.3 is 0 Å². The average Bonchev–Trinajstić information content (AvgIpc) is 3.36. The molecule has 0 aliphatic carbocycles. The summed E-state index contributed by atoms with van der Waals surface area (Å²) in [5, 5.41) is 20.3. The van der Waals surface area contributed by atoms with Crippen molar-refractivity contribution in [1.29, 1.82) is 0 Å². The van der Waals surface area contributed by atoms with E-state index in [1.54, 1.807) is 4.63 Å². The molecule has 0 amide bonds. The lowest BCUT2D eigenvalue weighted by molar-refractivity contribution is 0.0282. The first kappa shape index (κ1) is 21.1. The summed E-state index contributed by atoms with van der Waals surface area (Å²) in [6.07, 6.45) is 3.78. The number of β-amino-alcohol motifs (C(OH)–C–C–N with tert-alkyl or cyclic N) is 1. The molecule has 0 atom stereocenters. The number of nitrogens with zero attached hydrogens (tertiary/aromatic N) is 5. The van der Waals surface area contributed by atoms with E-state index in [1.165, 1.54) is 22.8 Å². The fourth-order valence-corrected chi connectivity index (χ4v) is 5.11. The van der Waals surface area contributed by atoms with Crippen LogP contribution in [0.4, 0.5) is 0 Å². The molecule has 0 unspecified atom stereocenters. The van der Waals surface area contributed by atoms with Crippen LogP contribution in [-0.2, 0) is 0 Å². The van der Waals surface area contributed by atoms with Gasteiger partial charge in [0, 0.05) is 17.4 Å². The average molecular weight is 433 g/mol. The van der Waals surface area contributed by atoms with Gasteiger partial charge in [0.25, 0.3) is 0 Å². The molecule has 1 aliphatic rings. The largest absolute Gasteiger partial charge is 0.389 e. The highest BCUT2D eigenvalue weighted by Gasteiger charge is 2.26. The molecule has 0 radical (unpaired) electrons. The van der Waals surface area contributed by atoms with Crippen LogP contribution in [0.3, 0.4) is 0 Å². The first-order valence-electron chi connectivity index (χ1n) is 11.6. The molecule has 1 aliphatic heterocycles. The maximum absolute atomic E-state index is 10.1. The van der Waals surface area contributed by atoms with E-state index in [0.29, 0.717) is 11.8 Å². The van der Waals surface area contributed by atoms with E-state index in [1.807, 2.05) is 26.0 Å². The minimum atomic E-state index is -0.636. The van der Waals surface area contributed by atoms with Gasteiger partial charge in [-0.3, -0.25) is 0 Å². The van der Waals surface area contributed by atoms with Crippen molar-refractivity contribution in [1.82, 2.24) is 29.7 Å². The van der Waals surface area contributed by atoms with Crippen LogP contribution < -0.4 is 0 Å². The van der Waals surface area contributed by atoms with Crippen LogP contribution >= 0.6 is 0 Å². The van der Waals surface area contributed by atoms with Gasteiger partial charge in [0.15, 0.2) is 5.65 Å². The van der Waals surface area contributed by atoms with Gasteiger partial charge in [0.2, 0.25) is 0 Å². The number of piperidine rings is 1. The molecule has 2 N–H and O–H groups in total. The first-order chi connectivity index (χ1) is 15.3. The van der Waals surface area contributed by atoms with Crippen molar-refractivity contribution in [2.24, 2.45) is 0 Å². The number of aliphatic hydroxyl groups is 1. The zero-order chi connectivity index (χ0) is 22.5. The molecule has 0 saturated carbocycles. The Bertz CT molecular complexity index is 1240. The monoisotopic (exact) mass is 432 g/mol. The lowest BCUT2D eigenvalue weighted by Gasteiger charge is -2.35. The van der Waals surface area contributed by atoms with Crippen molar-refractivity contribution in [3.05, 3.63) is 47.8 Å². The van der Waals surface area contributed by atoms with Gasteiger partial charge in [-0.2, -0.15) is 0 Å². The van der Waals surface area contributed by atoms with E-state index in [9.17, 15) is 5.11 Å². The van der Waals surface area contributed by atoms with Crippen LogP contribution in [0.1, 0.15) is 63.5 Å². The zero-order valence-electron chi connectivity index (χ0n) is 19.3. The first-order valence-corrected chi connectivity index (χ1v) is 11.6. The third-order valence-corrected chi connectivity index (χ3v) is 6.51. The predicted octanol–water partition coefficient (Wildman–Crippen LogP) is 4.35. The molecular formula is C25H32N6O. The Morgan fingerprint density at radius 2 is 1.94 bits per heavy atom. The maximum Gasteiger partial charge on any atom is 0.176 e. The molecule has 3 aromatic heterocycles. The Morgan fingerprint density at radius 3 is 2.66 bits per heavy atom. The number of aromatic amines is 1. The molecule has 1 saturated heterocycles. The minimum Gasteiger partial charge on any atom is -0.389 e. The van der Waals surface area contributed by atoms with Crippen LogP contribution in [0.5, 0.6) is 0 Å². The number of rotatable bonds is 5. The summed E-state index contributed by atoms with van der Waals surface area (Å²) in [5.41, 5.74) is 5.90. The van der Waals surface area contributed by atoms with Gasteiger partial charge in [-0.15, -0.1) is 14.8 Å². The number of hydrogen-bond acceptors (Lipinski definition) is 5. The summed E-state index contributed by atoms with van der Waals surface area (Å²) < 4.78 is 1.58. The quantitative estimate of drug-likeness (QED) is 0.490. The van der Waals surface area contributed by atoms with Gasteiger partial charge in [-0.25, -0.2) is 4.98 Å². The lowest BCUT2D eigenvalue weighted by Crippen LogP contribution is -2.42. The summed E-state index contributed by atoms with van der Waals surface area (Å²) in [5.74, 6) is 0.913. The Labute approximate surface area is 188 Å². The molecule has 0 spiro atoms. The van der Waals surface area contributed by atoms with E-state index in [0.717, 1.165) is 55.0 Å². The second-order valence-electron chi connectivity index (χ2n) is 10.1. The molecule has 7 heteroatoms. The Hall–Kier alpha value is -2.77. The predicted molar refractivity (Wildman–Crippen MR) is 127 cm³/mol. The number of likely N-dealkylation sites (tertiary alicyclic amines) is 1. The van der Waals surface area contributed by atoms with Crippen LogP contribution in [0.15, 0.2) is 36.7 Å². The summed E-state index contributed by atoms with van der Waals surface area (Å²) in [6.45, 7) is 11.1. The summed E-state index contributed by atoms with van der Waals surface area (Å²) >= 11 is 0. The highest BCUT2D eigenvalue weighted by Crippen LogP contribution is 2.37. The van der Waals surface area contributed by atoms with E-state index in [2.05, 4.69) is 57.1 Å². The number of aromatic nitrogens is 5. The normalized spacial score (nSPS) is 16.6. The fourth-order valence-electron chi connectivity index (χ4n) is 5.11. The third kappa shape index (κ3) is 4.02. The van der Waals surface area contributed by atoms with Crippen molar-refractivity contribution in [2.45, 2.75) is 58.0 Å². The van der Waals surface area contributed by atoms with Gasteiger partial charge in [0.05, 0.1) is 11.3 Å². The Balaban J connectivity index is 1.47. The molecule has 5 rings (SSSR count).